The Hall–Kier alpha value is -0.0600. The van der Waals surface area contributed by atoms with Gasteiger partial charge in [0.25, 0.3) is 0 Å². The van der Waals surface area contributed by atoms with E-state index >= 15 is 0 Å². The molecule has 0 unspecified atom stereocenters. The summed E-state index contributed by atoms with van der Waals surface area (Å²) in [6, 6.07) is 0. The van der Waals surface area contributed by atoms with E-state index in [1.165, 1.54) is 4.88 Å². The summed E-state index contributed by atoms with van der Waals surface area (Å²) < 4.78 is 5.76. The van der Waals surface area contributed by atoms with Crippen LogP contribution in [0.1, 0.15) is 36.6 Å². The summed E-state index contributed by atoms with van der Waals surface area (Å²) in [5.74, 6) is 0.876. The third-order valence-electron chi connectivity index (χ3n) is 4.08. The second-order valence-electron chi connectivity index (χ2n) is 5.62. The molecule has 0 bridgehead atoms. The molecule has 0 aliphatic carbocycles. The van der Waals surface area contributed by atoms with E-state index in [1.807, 2.05) is 18.0 Å². The minimum absolute atomic E-state index is 0. The number of nitrogens with one attached hydrogen (secondary N) is 2. The molecule has 0 spiro atoms. The summed E-state index contributed by atoms with van der Waals surface area (Å²) in [7, 11) is 0. The monoisotopic (exact) mass is 484 g/mol. The Kier molecular flexibility index (Phi) is 10.6. The van der Waals surface area contributed by atoms with Crippen LogP contribution in [0.25, 0.3) is 0 Å². The number of aliphatic imine (C=N–C) groups is 1. The van der Waals surface area contributed by atoms with Gasteiger partial charge in [-0.05, 0) is 32.4 Å². The molecule has 0 radical (unpaired) electrons. The van der Waals surface area contributed by atoms with E-state index in [9.17, 15) is 0 Å². The molecule has 8 heteroatoms. The van der Waals surface area contributed by atoms with Crippen LogP contribution in [0.3, 0.4) is 0 Å². The second-order valence-corrected chi connectivity index (χ2v) is 8.10. The summed E-state index contributed by atoms with van der Waals surface area (Å²) in [5, 5.41) is 7.92. The van der Waals surface area contributed by atoms with Gasteiger partial charge >= 0.3 is 0 Å². The standard InChI is InChI=1S/C16H28N4OS2.HI/c1-4-13-10-18-14(23-13)11-19-15(17-5-2)20-12-16(22-3)6-8-21-9-7-16;/h10H,4-9,11-12H2,1-3H3,(H2,17,19,20);1H. The van der Waals surface area contributed by atoms with E-state index < -0.39 is 0 Å². The van der Waals surface area contributed by atoms with Crippen LogP contribution in [0.4, 0.5) is 0 Å². The number of hydrogen-bond acceptors (Lipinski definition) is 5. The Morgan fingerprint density at radius 3 is 2.71 bits per heavy atom. The predicted molar refractivity (Wildman–Crippen MR) is 116 cm³/mol. The van der Waals surface area contributed by atoms with Crippen LogP contribution in [0.5, 0.6) is 0 Å². The van der Waals surface area contributed by atoms with E-state index in [0.717, 1.165) is 56.5 Å². The van der Waals surface area contributed by atoms with Crippen LogP contribution >= 0.6 is 47.1 Å². The van der Waals surface area contributed by atoms with Crippen molar-refractivity contribution in [1.82, 2.24) is 15.6 Å². The molecule has 0 saturated carbocycles. The fourth-order valence-electron chi connectivity index (χ4n) is 2.51. The molecule has 5 nitrogen and oxygen atoms in total. The van der Waals surface area contributed by atoms with Gasteiger partial charge in [0, 0.05) is 42.1 Å². The smallest absolute Gasteiger partial charge is 0.191 e. The number of thioether (sulfide) groups is 1. The normalized spacial score (nSPS) is 17.2. The number of aromatic nitrogens is 1. The highest BCUT2D eigenvalue weighted by Gasteiger charge is 2.31. The molecule has 138 valence electrons. The first kappa shape index (κ1) is 22.0. The Labute approximate surface area is 170 Å². The first-order chi connectivity index (χ1) is 11.2. The van der Waals surface area contributed by atoms with Crippen molar-refractivity contribution >= 4 is 53.0 Å². The lowest BCUT2D eigenvalue weighted by Gasteiger charge is -2.36. The van der Waals surface area contributed by atoms with Gasteiger partial charge in [0.2, 0.25) is 0 Å². The van der Waals surface area contributed by atoms with E-state index in [0.29, 0.717) is 6.54 Å². The molecule has 0 atom stereocenters. The summed E-state index contributed by atoms with van der Waals surface area (Å²) in [6.07, 6.45) is 7.37. The lowest BCUT2D eigenvalue weighted by atomic mass is 9.99. The van der Waals surface area contributed by atoms with Crippen LogP contribution < -0.4 is 10.6 Å². The average molecular weight is 484 g/mol. The van der Waals surface area contributed by atoms with Gasteiger partial charge in [-0.3, -0.25) is 0 Å². The number of nitrogens with zero attached hydrogens (tertiary/aromatic N) is 2. The molecule has 1 aromatic heterocycles. The van der Waals surface area contributed by atoms with Crippen LogP contribution in [-0.4, -0.2) is 48.2 Å². The number of aryl methyl sites for hydroxylation is 1. The quantitative estimate of drug-likeness (QED) is 0.354. The molecule has 1 aliphatic rings. The van der Waals surface area contributed by atoms with Crippen LogP contribution in [0, 0.1) is 0 Å². The zero-order valence-electron chi connectivity index (χ0n) is 14.8. The average Bonchev–Trinajstić information content (AvgIpc) is 3.06. The molecule has 1 fully saturated rings. The van der Waals surface area contributed by atoms with Crippen molar-refractivity contribution in [2.45, 2.75) is 44.4 Å². The molecule has 1 aliphatic heterocycles. The Morgan fingerprint density at radius 1 is 1.38 bits per heavy atom. The van der Waals surface area contributed by atoms with Crippen molar-refractivity contribution in [2.75, 3.05) is 32.6 Å². The molecular formula is C16H29IN4OS2. The Morgan fingerprint density at radius 2 is 2.12 bits per heavy atom. The molecule has 1 aromatic rings. The molecule has 2 heterocycles. The minimum Gasteiger partial charge on any atom is -0.381 e. The zero-order chi connectivity index (χ0) is 16.5. The van der Waals surface area contributed by atoms with Gasteiger partial charge in [0.05, 0.1) is 6.54 Å². The number of thiazole rings is 1. The summed E-state index contributed by atoms with van der Waals surface area (Å²) in [5.41, 5.74) is 0. The number of halogens is 1. The molecular weight excluding hydrogens is 455 g/mol. The van der Waals surface area contributed by atoms with Gasteiger partial charge in [-0.2, -0.15) is 11.8 Å². The molecule has 0 aromatic carbocycles. The fraction of sp³-hybridized carbons (Fsp3) is 0.750. The molecule has 2 rings (SSSR count). The third-order valence-corrected chi connectivity index (χ3v) is 6.63. The van der Waals surface area contributed by atoms with Gasteiger partial charge in [-0.1, -0.05) is 6.92 Å². The number of guanidine groups is 1. The van der Waals surface area contributed by atoms with E-state index in [2.05, 4.69) is 40.7 Å². The molecule has 0 amide bonds. The van der Waals surface area contributed by atoms with E-state index in [1.54, 1.807) is 11.3 Å². The van der Waals surface area contributed by atoms with Gasteiger partial charge in [0.1, 0.15) is 5.01 Å². The molecule has 2 N–H and O–H groups in total. The van der Waals surface area contributed by atoms with Crippen molar-refractivity contribution in [3.8, 4) is 0 Å². The number of hydrogen-bond donors (Lipinski definition) is 2. The van der Waals surface area contributed by atoms with Crippen molar-refractivity contribution in [1.29, 1.82) is 0 Å². The maximum Gasteiger partial charge on any atom is 0.191 e. The number of ether oxygens (including phenoxy) is 1. The second kappa shape index (κ2) is 11.5. The number of rotatable bonds is 7. The maximum atomic E-state index is 5.51. The Bertz CT molecular complexity index is 504. The van der Waals surface area contributed by atoms with Crippen molar-refractivity contribution < 1.29 is 4.74 Å². The van der Waals surface area contributed by atoms with Crippen LogP contribution in [0.15, 0.2) is 11.2 Å². The summed E-state index contributed by atoms with van der Waals surface area (Å²) >= 11 is 3.69. The third kappa shape index (κ3) is 6.68. The lowest BCUT2D eigenvalue weighted by Crippen LogP contribution is -2.47. The molecule has 24 heavy (non-hydrogen) atoms. The van der Waals surface area contributed by atoms with Crippen molar-refractivity contribution in [3.05, 3.63) is 16.1 Å². The van der Waals surface area contributed by atoms with Gasteiger partial charge < -0.3 is 15.4 Å². The van der Waals surface area contributed by atoms with Crippen molar-refractivity contribution in [3.63, 3.8) is 0 Å². The topological polar surface area (TPSA) is 58.5 Å². The SMILES string of the molecule is CCNC(=NCc1ncc(CC)s1)NCC1(SC)CCOCC1.I. The van der Waals surface area contributed by atoms with Crippen LogP contribution in [0.2, 0.25) is 0 Å². The molecule has 1 saturated heterocycles. The Balaban J connectivity index is 0.00000288. The predicted octanol–water partition coefficient (Wildman–Crippen LogP) is 3.29. The fourth-order valence-corrected chi connectivity index (χ4v) is 4.09. The lowest BCUT2D eigenvalue weighted by molar-refractivity contribution is 0.0783. The van der Waals surface area contributed by atoms with E-state index in [4.69, 9.17) is 4.74 Å². The van der Waals surface area contributed by atoms with Gasteiger partial charge in [-0.15, -0.1) is 35.3 Å². The van der Waals surface area contributed by atoms with E-state index in [-0.39, 0.29) is 28.7 Å². The first-order valence-corrected chi connectivity index (χ1v) is 10.3. The minimum atomic E-state index is 0. The maximum absolute atomic E-state index is 5.51. The van der Waals surface area contributed by atoms with Crippen LogP contribution in [-0.2, 0) is 17.7 Å². The van der Waals surface area contributed by atoms with Gasteiger partial charge in [-0.25, -0.2) is 9.98 Å². The zero-order valence-corrected chi connectivity index (χ0v) is 18.7. The highest BCUT2D eigenvalue weighted by atomic mass is 127. The first-order valence-electron chi connectivity index (χ1n) is 8.30. The summed E-state index contributed by atoms with van der Waals surface area (Å²) in [4.78, 5) is 10.4. The van der Waals surface area contributed by atoms with Gasteiger partial charge in [0.15, 0.2) is 5.96 Å². The van der Waals surface area contributed by atoms with Crippen molar-refractivity contribution in [2.24, 2.45) is 4.99 Å². The summed E-state index contributed by atoms with van der Waals surface area (Å²) in [6.45, 7) is 8.37. The largest absolute Gasteiger partial charge is 0.381 e. The highest BCUT2D eigenvalue weighted by Crippen LogP contribution is 2.32. The highest BCUT2D eigenvalue weighted by molar-refractivity contribution is 14.0.